The molecule has 0 bridgehead atoms. The molecule has 4 atom stereocenters. The Kier molecular flexibility index (Phi) is 11.7. The van der Waals surface area contributed by atoms with Crippen molar-refractivity contribution < 1.29 is 19.5 Å². The van der Waals surface area contributed by atoms with Gasteiger partial charge in [-0.25, -0.2) is 9.97 Å². The molecule has 16 heteroatoms. The average molecular weight is 775 g/mol. The molecule has 5 heterocycles. The number of carbonyl (C=O) groups is 3. The predicted molar refractivity (Wildman–Crippen MR) is 210 cm³/mol. The van der Waals surface area contributed by atoms with E-state index in [1.165, 1.54) is 4.90 Å². The summed E-state index contributed by atoms with van der Waals surface area (Å²) < 4.78 is 0. The highest BCUT2D eigenvalue weighted by Gasteiger charge is 2.44. The van der Waals surface area contributed by atoms with Gasteiger partial charge < -0.3 is 36.2 Å². The van der Waals surface area contributed by atoms with E-state index < -0.39 is 29.5 Å². The number of carbonyl (C=O) groups excluding carboxylic acids is 3. The van der Waals surface area contributed by atoms with Gasteiger partial charge in [-0.15, -0.1) is 21.5 Å². The fraction of sp³-hybridized carbons (Fsp3) is 0.447. The van der Waals surface area contributed by atoms with Gasteiger partial charge in [-0.05, 0) is 48.1 Å². The van der Waals surface area contributed by atoms with Gasteiger partial charge in [0.15, 0.2) is 11.0 Å². The van der Waals surface area contributed by atoms with Gasteiger partial charge >= 0.3 is 0 Å². The molecule has 2 aliphatic heterocycles. The maximum atomic E-state index is 14.2. The fourth-order valence-electron chi connectivity index (χ4n) is 6.95. The Bertz CT molecular complexity index is 1980. The summed E-state index contributed by atoms with van der Waals surface area (Å²) in [6, 6.07) is 11.2. The van der Waals surface area contributed by atoms with E-state index in [0.29, 0.717) is 32.0 Å². The van der Waals surface area contributed by atoms with Crippen LogP contribution in [0.25, 0.3) is 10.4 Å². The number of aryl methyl sites for hydroxylation is 1. The quantitative estimate of drug-likeness (QED) is 0.184. The molecule has 0 unspecified atom stereocenters. The van der Waals surface area contributed by atoms with Crippen LogP contribution < -0.4 is 26.2 Å². The van der Waals surface area contributed by atoms with E-state index in [9.17, 15) is 19.5 Å². The molecule has 6 rings (SSSR count). The first-order valence-electron chi connectivity index (χ1n) is 18.0. The molecule has 5 N–H and O–H groups in total. The normalized spacial score (nSPS) is 18.7. The van der Waals surface area contributed by atoms with Crippen molar-refractivity contribution in [3.63, 3.8) is 0 Å². The molecule has 1 aromatic carbocycles. The average Bonchev–Trinajstić information content (AvgIpc) is 3.76. The SMILES string of the molecule is Cc1ncsc1-c1ccc([C@@H](C)NC(=O)[C@@H]2C[C@@H](O)CN2C(=O)[C@@H](NC(=O)Cc2ccnc(N3CCN(c4cc(Cl)nnc4N)CC3)c2)C(C)(C)C)cc1. The number of pyridine rings is 1. The van der Waals surface area contributed by atoms with Crippen LogP contribution in [0.15, 0.2) is 54.2 Å². The molecule has 2 saturated heterocycles. The minimum absolute atomic E-state index is 0.00503. The van der Waals surface area contributed by atoms with Crippen molar-refractivity contribution in [1.29, 1.82) is 0 Å². The lowest BCUT2D eigenvalue weighted by atomic mass is 9.85. The van der Waals surface area contributed by atoms with Crippen LogP contribution >= 0.6 is 22.9 Å². The number of nitrogens with one attached hydrogen (secondary N) is 2. The number of aliphatic hydroxyl groups excluding tert-OH is 1. The summed E-state index contributed by atoms with van der Waals surface area (Å²) in [5.74, 6) is -0.0512. The van der Waals surface area contributed by atoms with Crippen molar-refractivity contribution in [3.05, 3.63) is 76.1 Å². The maximum absolute atomic E-state index is 14.2. The van der Waals surface area contributed by atoms with Gasteiger partial charge in [0, 0.05) is 51.4 Å². The summed E-state index contributed by atoms with van der Waals surface area (Å²) in [7, 11) is 0. The molecule has 0 radical (unpaired) electrons. The van der Waals surface area contributed by atoms with E-state index in [2.05, 4.69) is 40.6 Å². The van der Waals surface area contributed by atoms with E-state index in [1.54, 1.807) is 29.7 Å². The molecular weight excluding hydrogens is 728 g/mol. The number of nitrogen functional groups attached to an aromatic ring is 1. The van der Waals surface area contributed by atoms with Gasteiger partial charge in [0.05, 0.1) is 40.3 Å². The molecule has 54 heavy (non-hydrogen) atoms. The zero-order chi connectivity index (χ0) is 38.7. The Morgan fingerprint density at radius 1 is 1.02 bits per heavy atom. The number of piperazine rings is 1. The number of thiazole rings is 1. The third kappa shape index (κ3) is 8.91. The van der Waals surface area contributed by atoms with E-state index in [-0.39, 0.29) is 42.4 Å². The van der Waals surface area contributed by atoms with Crippen LogP contribution in [0.4, 0.5) is 17.3 Å². The number of β-amino-alcohol motifs (C(OH)–C–C–N with tert-alkyl or cyclic N) is 1. The molecule has 2 fully saturated rings. The van der Waals surface area contributed by atoms with E-state index in [1.807, 2.05) is 70.5 Å². The number of aliphatic hydroxyl groups is 1. The van der Waals surface area contributed by atoms with Gasteiger partial charge in [-0.3, -0.25) is 14.4 Å². The number of rotatable bonds is 10. The van der Waals surface area contributed by atoms with Crippen LogP contribution in [0.5, 0.6) is 0 Å². The van der Waals surface area contributed by atoms with E-state index in [0.717, 1.165) is 38.8 Å². The highest BCUT2D eigenvalue weighted by atomic mass is 35.5. The standard InChI is InChI=1S/C38H47ClN10O4S/c1-22(25-6-8-26(9-7-25)33-23(2)42-21-54-33)43-36(52)29-18-27(50)20-49(29)37(53)34(38(3,4)5)44-32(51)17-24-10-11-41-31(16-24)48-14-12-47(13-15-48)28-19-30(39)45-46-35(28)40/h6-11,16,19,21-22,27,29,34,50H,12-15,17-18,20H2,1-5H3,(H2,40,46)(H,43,52)(H,44,51)/t22-,27-,29+,34-/m1/s1. The first kappa shape index (κ1) is 38.9. The number of amides is 3. The summed E-state index contributed by atoms with van der Waals surface area (Å²) in [5, 5.41) is 24.6. The van der Waals surface area contributed by atoms with Gasteiger partial charge in [0.2, 0.25) is 17.7 Å². The monoisotopic (exact) mass is 774 g/mol. The van der Waals surface area contributed by atoms with Crippen LogP contribution in [0, 0.1) is 12.3 Å². The van der Waals surface area contributed by atoms with Crippen molar-refractivity contribution in [1.82, 2.24) is 35.7 Å². The number of likely N-dealkylation sites (tertiary alicyclic amines) is 1. The van der Waals surface area contributed by atoms with Gasteiger partial charge in [-0.2, -0.15) is 0 Å². The number of hydrogen-bond donors (Lipinski definition) is 4. The molecule has 2 aliphatic rings. The number of aromatic nitrogens is 4. The second-order valence-electron chi connectivity index (χ2n) is 15.0. The number of benzene rings is 1. The van der Waals surface area contributed by atoms with Crippen molar-refractivity contribution in [2.75, 3.05) is 48.3 Å². The third-order valence-electron chi connectivity index (χ3n) is 9.95. The Labute approximate surface area is 324 Å². The second-order valence-corrected chi connectivity index (χ2v) is 16.2. The summed E-state index contributed by atoms with van der Waals surface area (Å²) >= 11 is 7.63. The fourth-order valence-corrected chi connectivity index (χ4v) is 7.91. The predicted octanol–water partition coefficient (Wildman–Crippen LogP) is 3.78. The first-order chi connectivity index (χ1) is 25.7. The van der Waals surface area contributed by atoms with Gasteiger partial charge in [-0.1, -0.05) is 56.6 Å². The van der Waals surface area contributed by atoms with E-state index >= 15 is 0 Å². The molecule has 286 valence electrons. The number of nitrogens with zero attached hydrogens (tertiary/aromatic N) is 7. The van der Waals surface area contributed by atoms with Crippen molar-refractivity contribution in [2.45, 2.75) is 71.7 Å². The molecule has 3 amide bonds. The molecule has 14 nitrogen and oxygen atoms in total. The molecule has 0 saturated carbocycles. The van der Waals surface area contributed by atoms with Crippen molar-refractivity contribution in [3.8, 4) is 10.4 Å². The maximum Gasteiger partial charge on any atom is 0.246 e. The third-order valence-corrected chi connectivity index (χ3v) is 11.1. The minimum Gasteiger partial charge on any atom is -0.391 e. The molecular formula is C38H47ClN10O4S. The van der Waals surface area contributed by atoms with Crippen LogP contribution in [0.2, 0.25) is 5.15 Å². The van der Waals surface area contributed by atoms with Gasteiger partial charge in [0.25, 0.3) is 0 Å². The highest BCUT2D eigenvalue weighted by molar-refractivity contribution is 7.13. The van der Waals surface area contributed by atoms with Crippen LogP contribution in [0.3, 0.4) is 0 Å². The van der Waals surface area contributed by atoms with Crippen LogP contribution in [-0.4, -0.2) is 98.8 Å². The van der Waals surface area contributed by atoms with Crippen LogP contribution in [-0.2, 0) is 20.8 Å². The topological polar surface area (TPSA) is 183 Å². The largest absolute Gasteiger partial charge is 0.391 e. The summed E-state index contributed by atoms with van der Waals surface area (Å²) in [5.41, 5.74) is 11.6. The Morgan fingerprint density at radius 2 is 1.72 bits per heavy atom. The lowest BCUT2D eigenvalue weighted by Gasteiger charge is -2.37. The Balaban J connectivity index is 1.07. The zero-order valence-electron chi connectivity index (χ0n) is 31.1. The lowest BCUT2D eigenvalue weighted by molar-refractivity contribution is -0.144. The van der Waals surface area contributed by atoms with Crippen LogP contribution in [0.1, 0.15) is 57.0 Å². The second kappa shape index (κ2) is 16.2. The summed E-state index contributed by atoms with van der Waals surface area (Å²) in [6.07, 6.45) is 0.936. The molecule has 0 aliphatic carbocycles. The number of hydrogen-bond acceptors (Lipinski definition) is 12. The summed E-state index contributed by atoms with van der Waals surface area (Å²) in [4.78, 5) is 57.0. The van der Waals surface area contributed by atoms with Crippen molar-refractivity contribution >= 4 is 58.0 Å². The Hall–Kier alpha value is -4.86. The highest BCUT2D eigenvalue weighted by Crippen LogP contribution is 2.30. The minimum atomic E-state index is -0.941. The molecule has 4 aromatic rings. The summed E-state index contributed by atoms with van der Waals surface area (Å²) in [6.45, 7) is 12.1. The van der Waals surface area contributed by atoms with Crippen molar-refractivity contribution in [2.24, 2.45) is 5.41 Å². The number of halogens is 1. The van der Waals surface area contributed by atoms with E-state index in [4.69, 9.17) is 17.3 Å². The van der Waals surface area contributed by atoms with Gasteiger partial charge in [0.1, 0.15) is 17.9 Å². The smallest absolute Gasteiger partial charge is 0.246 e. The first-order valence-corrected chi connectivity index (χ1v) is 19.3. The molecule has 0 spiro atoms. The lowest BCUT2D eigenvalue weighted by Crippen LogP contribution is -2.58. The number of anilines is 3. The molecule has 3 aromatic heterocycles. The number of nitrogens with two attached hydrogens (primary N) is 1. The zero-order valence-corrected chi connectivity index (χ0v) is 32.7. The Morgan fingerprint density at radius 3 is 2.39 bits per heavy atom.